The molecule has 0 aromatic rings. The average Bonchev–Trinajstić information content (AvgIpc) is 2.38. The molecule has 0 bridgehead atoms. The molecule has 6 heteroatoms. The van der Waals surface area contributed by atoms with E-state index < -0.39 is 5.60 Å². The smallest absolute Gasteiger partial charge is 0.410 e. The third kappa shape index (κ3) is 4.79. The van der Waals surface area contributed by atoms with E-state index in [4.69, 9.17) is 9.47 Å². The molecule has 2 fully saturated rings. The summed E-state index contributed by atoms with van der Waals surface area (Å²) in [5, 5.41) is 3.46. The molecule has 1 N–H and O–H groups in total. The number of likely N-dealkylation sites (tertiary alicyclic amines) is 1. The number of ether oxygens (including phenoxy) is 2. The Morgan fingerprint density at radius 3 is 2.70 bits per heavy atom. The predicted molar refractivity (Wildman–Crippen MR) is 80.4 cm³/mol. The van der Waals surface area contributed by atoms with E-state index in [0.29, 0.717) is 6.61 Å². The number of carbonyl (C=O) groups excluding carboxylic acids is 1. The first-order valence-electron chi connectivity index (χ1n) is 7.28. The maximum atomic E-state index is 12.3. The summed E-state index contributed by atoms with van der Waals surface area (Å²) in [6, 6.07) is 0.436. The van der Waals surface area contributed by atoms with Crippen LogP contribution >= 0.6 is 12.4 Å². The molecule has 0 saturated carbocycles. The van der Waals surface area contributed by atoms with Crippen molar-refractivity contribution in [1.29, 1.82) is 0 Å². The van der Waals surface area contributed by atoms with E-state index in [1.807, 2.05) is 25.7 Å². The Morgan fingerprint density at radius 1 is 1.35 bits per heavy atom. The highest BCUT2D eigenvalue weighted by molar-refractivity contribution is 5.85. The lowest BCUT2D eigenvalue weighted by molar-refractivity contribution is -0.0111. The first kappa shape index (κ1) is 17.5. The lowest BCUT2D eigenvalue weighted by Crippen LogP contribution is -2.58. The standard InChI is InChI=1S/C14H26N2O3.ClH/c1-14(2,3)19-13(17)16-8-5-4-6-12(16)11-10-18-9-7-15-11;/h11-12,15H,4-10H2,1-3H3;1H. The van der Waals surface area contributed by atoms with E-state index in [2.05, 4.69) is 5.32 Å². The molecule has 2 rings (SSSR count). The summed E-state index contributed by atoms with van der Waals surface area (Å²) >= 11 is 0. The van der Waals surface area contributed by atoms with Gasteiger partial charge in [-0.1, -0.05) is 0 Å². The molecule has 0 aliphatic carbocycles. The molecular weight excluding hydrogens is 280 g/mol. The molecule has 2 saturated heterocycles. The summed E-state index contributed by atoms with van der Waals surface area (Å²) < 4.78 is 11.0. The lowest BCUT2D eigenvalue weighted by Gasteiger charge is -2.42. The van der Waals surface area contributed by atoms with Crippen LogP contribution in [-0.2, 0) is 9.47 Å². The Bertz CT molecular complexity index is 314. The summed E-state index contributed by atoms with van der Waals surface area (Å²) in [7, 11) is 0. The largest absolute Gasteiger partial charge is 0.444 e. The number of hydrogen-bond acceptors (Lipinski definition) is 4. The fourth-order valence-corrected chi connectivity index (χ4v) is 2.76. The fraction of sp³-hybridized carbons (Fsp3) is 0.929. The van der Waals surface area contributed by atoms with Crippen LogP contribution < -0.4 is 5.32 Å². The highest BCUT2D eigenvalue weighted by Gasteiger charge is 2.35. The van der Waals surface area contributed by atoms with Crippen molar-refractivity contribution in [2.45, 2.75) is 57.7 Å². The van der Waals surface area contributed by atoms with Gasteiger partial charge in [0.2, 0.25) is 0 Å². The van der Waals surface area contributed by atoms with Crippen molar-refractivity contribution in [2.75, 3.05) is 26.3 Å². The van der Waals surface area contributed by atoms with E-state index in [1.165, 1.54) is 6.42 Å². The zero-order chi connectivity index (χ0) is 13.9. The number of morpholine rings is 1. The number of piperidine rings is 1. The van der Waals surface area contributed by atoms with Crippen LogP contribution in [0.1, 0.15) is 40.0 Å². The van der Waals surface area contributed by atoms with Gasteiger partial charge in [0.25, 0.3) is 0 Å². The molecule has 2 unspecified atom stereocenters. The summed E-state index contributed by atoms with van der Waals surface area (Å²) in [6.07, 6.45) is 3.07. The zero-order valence-corrected chi connectivity index (χ0v) is 13.5. The second kappa shape index (κ2) is 7.48. The molecule has 2 atom stereocenters. The minimum absolute atomic E-state index is 0. The fourth-order valence-electron chi connectivity index (χ4n) is 2.76. The van der Waals surface area contributed by atoms with E-state index in [1.54, 1.807) is 0 Å². The number of nitrogens with zero attached hydrogens (tertiary/aromatic N) is 1. The third-order valence-electron chi connectivity index (χ3n) is 3.59. The second-order valence-electron chi connectivity index (χ2n) is 6.37. The third-order valence-corrected chi connectivity index (χ3v) is 3.59. The molecule has 20 heavy (non-hydrogen) atoms. The van der Waals surface area contributed by atoms with E-state index in [-0.39, 0.29) is 30.6 Å². The van der Waals surface area contributed by atoms with Gasteiger partial charge in [-0.3, -0.25) is 0 Å². The van der Waals surface area contributed by atoms with Gasteiger partial charge in [0.15, 0.2) is 0 Å². The minimum Gasteiger partial charge on any atom is -0.444 e. The van der Waals surface area contributed by atoms with E-state index in [9.17, 15) is 4.79 Å². The molecule has 0 aromatic heterocycles. The van der Waals surface area contributed by atoms with Crippen LogP contribution in [0.15, 0.2) is 0 Å². The number of hydrogen-bond donors (Lipinski definition) is 1. The van der Waals surface area contributed by atoms with Gasteiger partial charge in [0.05, 0.1) is 25.3 Å². The van der Waals surface area contributed by atoms with Gasteiger partial charge in [0, 0.05) is 13.1 Å². The molecule has 0 radical (unpaired) electrons. The van der Waals surface area contributed by atoms with Gasteiger partial charge in [0.1, 0.15) is 5.60 Å². The van der Waals surface area contributed by atoms with Gasteiger partial charge in [-0.2, -0.15) is 0 Å². The number of rotatable bonds is 1. The minimum atomic E-state index is -0.435. The SMILES string of the molecule is CC(C)(C)OC(=O)N1CCCCC1C1COCCN1.Cl. The number of carbonyl (C=O) groups is 1. The van der Waals surface area contributed by atoms with Crippen LogP contribution in [0.4, 0.5) is 4.79 Å². The number of amides is 1. The molecule has 2 aliphatic heterocycles. The highest BCUT2D eigenvalue weighted by atomic mass is 35.5. The summed E-state index contributed by atoms with van der Waals surface area (Å²) in [4.78, 5) is 14.2. The summed E-state index contributed by atoms with van der Waals surface area (Å²) in [5.74, 6) is 0. The van der Waals surface area contributed by atoms with Crippen LogP contribution in [0.25, 0.3) is 0 Å². The molecule has 0 aromatic carbocycles. The Balaban J connectivity index is 0.00000200. The zero-order valence-electron chi connectivity index (χ0n) is 12.7. The van der Waals surface area contributed by atoms with Crippen molar-refractivity contribution in [3.8, 4) is 0 Å². The van der Waals surface area contributed by atoms with E-state index in [0.717, 1.165) is 32.5 Å². The predicted octanol–water partition coefficient (Wildman–Crippen LogP) is 2.19. The first-order chi connectivity index (χ1) is 8.97. The van der Waals surface area contributed by atoms with Crippen LogP contribution in [0.5, 0.6) is 0 Å². The quantitative estimate of drug-likeness (QED) is 0.807. The van der Waals surface area contributed by atoms with Crippen LogP contribution in [-0.4, -0.2) is 55.0 Å². The van der Waals surface area contributed by atoms with Crippen molar-refractivity contribution in [3.63, 3.8) is 0 Å². The molecule has 5 nitrogen and oxygen atoms in total. The normalized spacial score (nSPS) is 27.6. The second-order valence-corrected chi connectivity index (χ2v) is 6.37. The topological polar surface area (TPSA) is 50.8 Å². The molecule has 1 amide bonds. The van der Waals surface area contributed by atoms with Gasteiger partial charge in [-0.25, -0.2) is 4.79 Å². The maximum absolute atomic E-state index is 12.3. The average molecular weight is 307 g/mol. The van der Waals surface area contributed by atoms with Crippen molar-refractivity contribution >= 4 is 18.5 Å². The van der Waals surface area contributed by atoms with Crippen LogP contribution in [0, 0.1) is 0 Å². The van der Waals surface area contributed by atoms with Crippen molar-refractivity contribution in [2.24, 2.45) is 0 Å². The lowest BCUT2D eigenvalue weighted by atomic mass is 9.96. The van der Waals surface area contributed by atoms with Gasteiger partial charge in [-0.15, -0.1) is 12.4 Å². The monoisotopic (exact) mass is 306 g/mol. The highest BCUT2D eigenvalue weighted by Crippen LogP contribution is 2.23. The summed E-state index contributed by atoms with van der Waals surface area (Å²) in [6.45, 7) is 8.82. The molecular formula is C14H27ClN2O3. The Kier molecular flexibility index (Phi) is 6.55. The van der Waals surface area contributed by atoms with Crippen molar-refractivity contribution in [1.82, 2.24) is 10.2 Å². The molecule has 2 aliphatic rings. The van der Waals surface area contributed by atoms with Gasteiger partial charge in [-0.05, 0) is 40.0 Å². The van der Waals surface area contributed by atoms with Crippen LogP contribution in [0.3, 0.4) is 0 Å². The first-order valence-corrected chi connectivity index (χ1v) is 7.28. The summed E-state index contributed by atoms with van der Waals surface area (Å²) in [5.41, 5.74) is -0.435. The molecule has 2 heterocycles. The van der Waals surface area contributed by atoms with Gasteiger partial charge < -0.3 is 19.7 Å². The molecule has 118 valence electrons. The Morgan fingerprint density at radius 2 is 2.10 bits per heavy atom. The molecule has 0 spiro atoms. The van der Waals surface area contributed by atoms with Crippen molar-refractivity contribution in [3.05, 3.63) is 0 Å². The van der Waals surface area contributed by atoms with Crippen LogP contribution in [0.2, 0.25) is 0 Å². The number of nitrogens with one attached hydrogen (secondary N) is 1. The Labute approximate surface area is 127 Å². The van der Waals surface area contributed by atoms with Crippen molar-refractivity contribution < 1.29 is 14.3 Å². The maximum Gasteiger partial charge on any atom is 0.410 e. The van der Waals surface area contributed by atoms with E-state index >= 15 is 0 Å². The van der Waals surface area contributed by atoms with Gasteiger partial charge >= 0.3 is 6.09 Å². The number of halogens is 1. The Hall–Kier alpha value is -0.520.